The van der Waals surface area contributed by atoms with E-state index >= 15 is 0 Å². The lowest BCUT2D eigenvalue weighted by Crippen LogP contribution is -2.54. The second-order valence-corrected chi connectivity index (χ2v) is 11.0. The van der Waals surface area contributed by atoms with Gasteiger partial charge in [-0.05, 0) is 58.7 Å². The van der Waals surface area contributed by atoms with E-state index in [1.165, 1.54) is 4.90 Å². The molecule has 4 aliphatic rings. The molecular formula is C32H21Cl2N3O3. The Morgan fingerprint density at radius 3 is 2.05 bits per heavy atom. The quantitative estimate of drug-likeness (QED) is 0.188. The van der Waals surface area contributed by atoms with Crippen molar-refractivity contribution < 1.29 is 14.4 Å². The molecular weight excluding hydrogens is 545 g/mol. The molecule has 1 saturated heterocycles. The second kappa shape index (κ2) is 9.15. The van der Waals surface area contributed by atoms with Crippen LogP contribution in [-0.2, 0) is 15.0 Å². The van der Waals surface area contributed by atoms with E-state index in [1.807, 2.05) is 48.5 Å². The van der Waals surface area contributed by atoms with Crippen LogP contribution in [0, 0.1) is 11.8 Å². The fraction of sp³-hybridized carbons (Fsp3) is 0.125. The van der Waals surface area contributed by atoms with Crippen LogP contribution in [0.2, 0.25) is 10.0 Å². The summed E-state index contributed by atoms with van der Waals surface area (Å²) in [5.41, 5.74) is 6.01. The summed E-state index contributed by atoms with van der Waals surface area (Å²) in [7, 11) is 0. The van der Waals surface area contributed by atoms with Crippen molar-refractivity contribution in [1.29, 1.82) is 0 Å². The summed E-state index contributed by atoms with van der Waals surface area (Å²) in [6, 6.07) is 29.1. The Bertz CT molecular complexity index is 1700. The summed E-state index contributed by atoms with van der Waals surface area (Å²) in [6.07, 6.45) is 1.63. The van der Waals surface area contributed by atoms with Crippen molar-refractivity contribution >= 4 is 52.8 Å². The van der Waals surface area contributed by atoms with E-state index in [4.69, 9.17) is 23.2 Å². The molecule has 8 rings (SSSR count). The van der Waals surface area contributed by atoms with Crippen molar-refractivity contribution in [3.05, 3.63) is 135 Å². The van der Waals surface area contributed by atoms with E-state index in [0.717, 1.165) is 22.3 Å². The molecule has 3 amide bonds. The summed E-state index contributed by atoms with van der Waals surface area (Å²) in [6.45, 7) is 0. The zero-order valence-corrected chi connectivity index (χ0v) is 22.4. The largest absolute Gasteiger partial charge is 0.274 e. The van der Waals surface area contributed by atoms with Crippen molar-refractivity contribution in [1.82, 2.24) is 5.43 Å². The Balaban J connectivity index is 1.41. The highest BCUT2D eigenvalue weighted by Gasteiger charge is 2.68. The molecule has 0 radical (unpaired) electrons. The van der Waals surface area contributed by atoms with Crippen molar-refractivity contribution in [3.8, 4) is 0 Å². The number of carbonyl (C=O) groups excluding carboxylic acids is 3. The molecule has 8 heteroatoms. The molecule has 1 fully saturated rings. The normalized spacial score (nSPS) is 24.1. The third-order valence-corrected chi connectivity index (χ3v) is 8.89. The minimum atomic E-state index is -1.09. The number of amides is 3. The maximum Gasteiger partial charge on any atom is 0.271 e. The van der Waals surface area contributed by atoms with Crippen LogP contribution >= 0.6 is 23.2 Å². The number of hydrogen-bond donors (Lipinski definition) is 1. The average molecular weight is 566 g/mol. The van der Waals surface area contributed by atoms with Gasteiger partial charge in [0.25, 0.3) is 5.91 Å². The maximum absolute atomic E-state index is 14.4. The number of anilines is 1. The zero-order chi connectivity index (χ0) is 27.6. The Hall–Kier alpha value is -4.26. The third-order valence-electron chi connectivity index (χ3n) is 8.32. The fourth-order valence-electron chi connectivity index (χ4n) is 6.78. The van der Waals surface area contributed by atoms with Crippen LogP contribution in [0.1, 0.15) is 38.5 Å². The van der Waals surface area contributed by atoms with Crippen molar-refractivity contribution in [3.63, 3.8) is 0 Å². The number of halogens is 2. The monoisotopic (exact) mass is 565 g/mol. The molecule has 4 aromatic rings. The van der Waals surface area contributed by atoms with Gasteiger partial charge in [-0.3, -0.25) is 14.4 Å². The Labute approximate surface area is 240 Å². The number of rotatable bonds is 4. The van der Waals surface area contributed by atoms with Gasteiger partial charge in [0.1, 0.15) is 0 Å². The van der Waals surface area contributed by atoms with Crippen molar-refractivity contribution in [2.45, 2.75) is 11.3 Å². The number of nitrogens with zero attached hydrogens (tertiary/aromatic N) is 2. The highest BCUT2D eigenvalue weighted by atomic mass is 35.5. The molecule has 2 atom stereocenters. The van der Waals surface area contributed by atoms with Crippen LogP contribution in [0.25, 0.3) is 0 Å². The van der Waals surface area contributed by atoms with Crippen LogP contribution in [0.4, 0.5) is 5.69 Å². The molecule has 4 aromatic carbocycles. The standard InChI is InChI=1S/C32H21Cl2N3O3/c33-19-15-13-18(14-16-19)29(38)36-35-17-32-22-9-3-1-7-20(22)26(21-8-2-4-10-23(21)32)27-28(32)31(40)37(30(27)39)25-12-6-5-11-24(25)34/h1-17,26-28H,(H,36,38)/b35-17-/t26?,27-,28-,32?/m0/s1. The first-order chi connectivity index (χ1) is 19.4. The molecule has 1 N–H and O–H groups in total. The first-order valence-electron chi connectivity index (χ1n) is 12.8. The van der Waals surface area contributed by atoms with E-state index in [9.17, 15) is 14.4 Å². The van der Waals surface area contributed by atoms with Gasteiger partial charge < -0.3 is 0 Å². The summed E-state index contributed by atoms with van der Waals surface area (Å²) in [5, 5.41) is 5.27. The summed E-state index contributed by atoms with van der Waals surface area (Å²) >= 11 is 12.5. The minimum Gasteiger partial charge on any atom is -0.274 e. The third kappa shape index (κ3) is 3.36. The summed E-state index contributed by atoms with van der Waals surface area (Å²) in [5.74, 6) is -2.79. The van der Waals surface area contributed by atoms with E-state index < -0.39 is 23.2 Å². The average Bonchev–Trinajstić information content (AvgIpc) is 3.24. The van der Waals surface area contributed by atoms with Gasteiger partial charge in [0.15, 0.2) is 0 Å². The van der Waals surface area contributed by atoms with Gasteiger partial charge in [0.2, 0.25) is 11.8 Å². The van der Waals surface area contributed by atoms with E-state index in [2.05, 4.69) is 10.5 Å². The van der Waals surface area contributed by atoms with Gasteiger partial charge in [-0.1, -0.05) is 83.9 Å². The predicted octanol–water partition coefficient (Wildman–Crippen LogP) is 5.96. The highest BCUT2D eigenvalue weighted by Crippen LogP contribution is 2.63. The molecule has 196 valence electrons. The number of imide groups is 1. The molecule has 0 saturated carbocycles. The number of hydrogen-bond acceptors (Lipinski definition) is 4. The van der Waals surface area contributed by atoms with Gasteiger partial charge in [-0.15, -0.1) is 0 Å². The predicted molar refractivity (Wildman–Crippen MR) is 154 cm³/mol. The maximum atomic E-state index is 14.4. The Morgan fingerprint density at radius 1 is 0.800 bits per heavy atom. The van der Waals surface area contributed by atoms with Crippen LogP contribution < -0.4 is 10.3 Å². The lowest BCUT2D eigenvalue weighted by molar-refractivity contribution is -0.122. The molecule has 3 aliphatic carbocycles. The van der Waals surface area contributed by atoms with Gasteiger partial charge in [-0.25, -0.2) is 10.3 Å². The number of carbonyl (C=O) groups is 3. The number of para-hydroxylation sites is 1. The van der Waals surface area contributed by atoms with Crippen LogP contribution in [0.15, 0.2) is 102 Å². The smallest absolute Gasteiger partial charge is 0.271 e. The van der Waals surface area contributed by atoms with E-state index in [0.29, 0.717) is 21.3 Å². The van der Waals surface area contributed by atoms with Crippen molar-refractivity contribution in [2.24, 2.45) is 16.9 Å². The van der Waals surface area contributed by atoms with Crippen LogP contribution in [0.5, 0.6) is 0 Å². The lowest BCUT2D eigenvalue weighted by atomic mass is 9.47. The molecule has 2 bridgehead atoms. The fourth-order valence-corrected chi connectivity index (χ4v) is 7.13. The minimum absolute atomic E-state index is 0.292. The molecule has 40 heavy (non-hydrogen) atoms. The molecule has 6 nitrogen and oxygen atoms in total. The molecule has 0 unspecified atom stereocenters. The van der Waals surface area contributed by atoms with Crippen LogP contribution in [-0.4, -0.2) is 23.9 Å². The van der Waals surface area contributed by atoms with Gasteiger partial charge in [0.05, 0.1) is 28.0 Å². The van der Waals surface area contributed by atoms with Gasteiger partial charge >= 0.3 is 0 Å². The zero-order valence-electron chi connectivity index (χ0n) is 20.9. The van der Waals surface area contributed by atoms with Crippen LogP contribution in [0.3, 0.4) is 0 Å². The summed E-state index contributed by atoms with van der Waals surface area (Å²) in [4.78, 5) is 42.7. The molecule has 0 aromatic heterocycles. The van der Waals surface area contributed by atoms with E-state index in [1.54, 1.807) is 54.7 Å². The van der Waals surface area contributed by atoms with E-state index in [-0.39, 0.29) is 17.7 Å². The topological polar surface area (TPSA) is 78.8 Å². The Kier molecular flexibility index (Phi) is 5.66. The molecule has 1 aliphatic heterocycles. The van der Waals surface area contributed by atoms with Gasteiger partial charge in [-0.2, -0.15) is 5.10 Å². The first-order valence-corrected chi connectivity index (χ1v) is 13.6. The van der Waals surface area contributed by atoms with Crippen molar-refractivity contribution in [2.75, 3.05) is 4.90 Å². The van der Waals surface area contributed by atoms with Gasteiger partial charge in [0, 0.05) is 22.7 Å². The first kappa shape index (κ1) is 24.8. The Morgan fingerprint density at radius 2 is 1.40 bits per heavy atom. The highest BCUT2D eigenvalue weighted by molar-refractivity contribution is 6.36. The summed E-state index contributed by atoms with van der Waals surface area (Å²) < 4.78 is 0. The lowest BCUT2D eigenvalue weighted by Gasteiger charge is -2.52. The second-order valence-electron chi connectivity index (χ2n) is 10.2. The molecule has 1 heterocycles. The number of hydrazone groups is 1. The number of benzene rings is 4. The number of nitrogens with one attached hydrogen (secondary N) is 1. The molecule has 0 spiro atoms. The SMILES string of the molecule is O=C(N/N=C\C12c3ccccc3C(c3ccccc31)[C@@H]1C(=O)N(c3ccccc3Cl)C(=O)[C@H]12)c1ccc(Cl)cc1.